The minimum atomic E-state index is -0.0648. The SMILES string of the molecule is CC(C)(C)c1cccc(-c2cccc3c2[n+](-c2cc(C(C)(C)C)cc(C(C)(C)C)c2)[c-]n3-c2[c-]c(Oc3[c-]c4c(cc3)c3cc(-c5ccccc5)ccc3n4-c3cc(C(C)(C)C)ccn3)ccc2)c1.[Pt]. The van der Waals surface area contributed by atoms with Gasteiger partial charge < -0.3 is 13.9 Å². The molecule has 0 bridgehead atoms. The van der Waals surface area contributed by atoms with E-state index in [-0.39, 0.29) is 42.7 Å². The quantitative estimate of drug-likeness (QED) is 0.118. The molecule has 0 aliphatic rings. The Balaban J connectivity index is 0.00000608. The molecule has 0 aliphatic carbocycles. The fourth-order valence-corrected chi connectivity index (χ4v) is 9.30. The first-order valence-corrected chi connectivity index (χ1v) is 24.2. The van der Waals surface area contributed by atoms with Crippen molar-refractivity contribution in [3.05, 3.63) is 199 Å². The summed E-state index contributed by atoms with van der Waals surface area (Å²) in [5.41, 5.74) is 15.4. The number of hydrogen-bond donors (Lipinski definition) is 0. The number of nitrogens with zero attached hydrogens (tertiary/aromatic N) is 4. The molecule has 356 valence electrons. The fourth-order valence-electron chi connectivity index (χ4n) is 9.30. The van der Waals surface area contributed by atoms with E-state index in [0.29, 0.717) is 11.5 Å². The molecule has 0 atom stereocenters. The van der Waals surface area contributed by atoms with Crippen LogP contribution < -0.4 is 9.30 Å². The molecule has 3 aromatic heterocycles. The molecule has 10 aromatic rings. The van der Waals surface area contributed by atoms with Crippen LogP contribution in [0.4, 0.5) is 0 Å². The van der Waals surface area contributed by atoms with E-state index in [0.717, 1.165) is 66.7 Å². The minimum Gasteiger partial charge on any atom is -0.510 e. The first-order valence-electron chi connectivity index (χ1n) is 24.2. The largest absolute Gasteiger partial charge is 0.510 e. The van der Waals surface area contributed by atoms with Gasteiger partial charge in [-0.1, -0.05) is 180 Å². The molecule has 3 heterocycles. The summed E-state index contributed by atoms with van der Waals surface area (Å²) in [5.74, 6) is 2.00. The molecule has 0 N–H and O–H groups in total. The van der Waals surface area contributed by atoms with Crippen LogP contribution >= 0.6 is 0 Å². The number of rotatable bonds is 7. The molecule has 0 amide bonds. The normalized spacial score (nSPS) is 12.5. The van der Waals surface area contributed by atoms with Crippen LogP contribution in [-0.2, 0) is 42.7 Å². The summed E-state index contributed by atoms with van der Waals surface area (Å²) in [5, 5.41) is 2.20. The Kier molecular flexibility index (Phi) is 12.5. The van der Waals surface area contributed by atoms with Crippen LogP contribution in [-0.4, -0.2) is 14.1 Å². The average molecular weight is 1100 g/mol. The number of pyridine rings is 1. The van der Waals surface area contributed by atoms with Crippen LogP contribution in [0.5, 0.6) is 11.5 Å². The summed E-state index contributed by atoms with van der Waals surface area (Å²) in [4.78, 5) is 4.95. The number of hydrogen-bond acceptors (Lipinski definition) is 2. The van der Waals surface area contributed by atoms with Crippen molar-refractivity contribution < 1.29 is 30.4 Å². The number of para-hydroxylation sites is 1. The van der Waals surface area contributed by atoms with Crippen molar-refractivity contribution in [1.82, 2.24) is 14.1 Å². The number of aromatic nitrogens is 4. The molecule has 70 heavy (non-hydrogen) atoms. The van der Waals surface area contributed by atoms with Gasteiger partial charge in [-0.05, 0) is 108 Å². The first kappa shape index (κ1) is 48.5. The maximum atomic E-state index is 6.78. The van der Waals surface area contributed by atoms with Crippen LogP contribution in [0.15, 0.2) is 158 Å². The van der Waals surface area contributed by atoms with Gasteiger partial charge in [-0.3, -0.25) is 4.57 Å². The molecule has 7 aromatic carbocycles. The molecular weight excluding hydrogens is 1040 g/mol. The van der Waals surface area contributed by atoms with Gasteiger partial charge in [0.1, 0.15) is 5.82 Å². The van der Waals surface area contributed by atoms with Crippen LogP contribution in [0.25, 0.3) is 72.3 Å². The van der Waals surface area contributed by atoms with Gasteiger partial charge in [0.05, 0.1) is 16.7 Å². The van der Waals surface area contributed by atoms with Crippen LogP contribution in [0.3, 0.4) is 0 Å². The second-order valence-electron chi connectivity index (χ2n) is 22.7. The molecule has 5 nitrogen and oxygen atoms in total. The van der Waals surface area contributed by atoms with Gasteiger partial charge >= 0.3 is 0 Å². The standard InChI is InChI=1S/C64H62N4O.Pt/c1-61(2,3)45-22-16-21-44(33-45)53-25-18-26-57-60(53)67(50-36-47(63(7,8)9)35-48(37-50)64(10,11)12)41-66(57)49-23-17-24-51(39-49)69-52-28-29-54-55-34-43(42-19-14-13-15-20-42)27-30-56(55)68(58(54)40-52)59-38-46(31-32-65-59)62(4,5)6;/h13-38H,1-12H3;/q-2;. The molecule has 0 saturated heterocycles. The van der Waals surface area contributed by atoms with E-state index in [1.165, 1.54) is 27.8 Å². The molecular formula is C64H62N4OPt-2. The van der Waals surface area contributed by atoms with E-state index in [2.05, 4.69) is 249 Å². The Hall–Kier alpha value is -6.55. The molecule has 6 heteroatoms. The Morgan fingerprint density at radius 3 is 1.83 bits per heavy atom. The molecule has 0 radical (unpaired) electrons. The van der Waals surface area contributed by atoms with Crippen LogP contribution in [0, 0.1) is 18.5 Å². The Bertz CT molecular complexity index is 3540. The van der Waals surface area contributed by atoms with Crippen molar-refractivity contribution in [1.29, 1.82) is 0 Å². The van der Waals surface area contributed by atoms with Crippen LogP contribution in [0.1, 0.15) is 105 Å². The van der Waals surface area contributed by atoms with Gasteiger partial charge in [0.25, 0.3) is 6.33 Å². The van der Waals surface area contributed by atoms with Gasteiger partial charge in [0.15, 0.2) is 0 Å². The second-order valence-corrected chi connectivity index (χ2v) is 22.7. The Morgan fingerprint density at radius 2 is 1.13 bits per heavy atom. The Morgan fingerprint density at radius 1 is 0.486 bits per heavy atom. The molecule has 0 saturated carbocycles. The van der Waals surface area contributed by atoms with Crippen molar-refractivity contribution in [3.63, 3.8) is 0 Å². The first-order chi connectivity index (χ1) is 32.7. The zero-order valence-corrected chi connectivity index (χ0v) is 44.8. The fraction of sp³-hybridized carbons (Fsp3) is 0.250. The monoisotopic (exact) mass is 1100 g/mol. The van der Waals surface area contributed by atoms with E-state index < -0.39 is 0 Å². The maximum absolute atomic E-state index is 6.78. The summed E-state index contributed by atoms with van der Waals surface area (Å²) in [6, 6.07) is 61.7. The van der Waals surface area contributed by atoms with E-state index in [4.69, 9.17) is 9.72 Å². The van der Waals surface area contributed by atoms with Gasteiger partial charge in [-0.15, -0.1) is 29.7 Å². The predicted octanol–water partition coefficient (Wildman–Crippen LogP) is 16.1. The summed E-state index contributed by atoms with van der Waals surface area (Å²) >= 11 is 0. The topological polar surface area (TPSA) is 35.9 Å². The average Bonchev–Trinajstić information content (AvgIpc) is 3.87. The van der Waals surface area contributed by atoms with Gasteiger partial charge in [-0.2, -0.15) is 18.2 Å². The van der Waals surface area contributed by atoms with Gasteiger partial charge in [0, 0.05) is 44.3 Å². The van der Waals surface area contributed by atoms with Gasteiger partial charge in [0.2, 0.25) is 0 Å². The number of imidazole rings is 1. The van der Waals surface area contributed by atoms with Crippen molar-refractivity contribution >= 4 is 32.8 Å². The minimum absolute atomic E-state index is 0. The second kappa shape index (κ2) is 18.0. The van der Waals surface area contributed by atoms with Crippen molar-refractivity contribution in [2.24, 2.45) is 0 Å². The summed E-state index contributed by atoms with van der Waals surface area (Å²) < 4.78 is 13.4. The smallest absolute Gasteiger partial charge is 0.268 e. The third kappa shape index (κ3) is 9.29. The molecule has 10 rings (SSSR count). The number of fused-ring (bicyclic) bond motifs is 4. The zero-order chi connectivity index (χ0) is 48.6. The maximum Gasteiger partial charge on any atom is 0.268 e. The third-order valence-corrected chi connectivity index (χ3v) is 13.4. The van der Waals surface area contributed by atoms with Crippen molar-refractivity contribution in [2.75, 3.05) is 0 Å². The van der Waals surface area contributed by atoms with Crippen molar-refractivity contribution in [3.8, 4) is 50.9 Å². The van der Waals surface area contributed by atoms with Gasteiger partial charge in [-0.25, -0.2) is 4.98 Å². The van der Waals surface area contributed by atoms with Crippen LogP contribution in [0.2, 0.25) is 0 Å². The summed E-state index contributed by atoms with van der Waals surface area (Å²) in [6.45, 7) is 27.3. The van der Waals surface area contributed by atoms with E-state index in [1.807, 2.05) is 24.4 Å². The van der Waals surface area contributed by atoms with Crippen molar-refractivity contribution in [2.45, 2.75) is 105 Å². The van der Waals surface area contributed by atoms with E-state index >= 15 is 0 Å². The molecule has 0 aliphatic heterocycles. The summed E-state index contributed by atoms with van der Waals surface area (Å²) in [7, 11) is 0. The number of benzene rings is 7. The zero-order valence-electron chi connectivity index (χ0n) is 42.5. The van der Waals surface area contributed by atoms with E-state index in [1.54, 1.807) is 0 Å². The Labute approximate surface area is 429 Å². The summed E-state index contributed by atoms with van der Waals surface area (Å²) in [6.07, 6.45) is 5.76. The van der Waals surface area contributed by atoms with E-state index in [9.17, 15) is 0 Å². The number of ether oxygens (including phenoxy) is 1. The molecule has 0 fully saturated rings. The third-order valence-electron chi connectivity index (χ3n) is 13.4. The predicted molar refractivity (Wildman–Crippen MR) is 286 cm³/mol. The molecule has 0 unspecified atom stereocenters. The molecule has 0 spiro atoms.